The summed E-state index contributed by atoms with van der Waals surface area (Å²) in [6.07, 6.45) is 5.29. The van der Waals surface area contributed by atoms with Crippen LogP contribution in [0, 0.1) is 0 Å². The maximum Gasteiger partial charge on any atom is 0.233 e. The van der Waals surface area contributed by atoms with Gasteiger partial charge in [-0.25, -0.2) is 0 Å². The fourth-order valence-corrected chi connectivity index (χ4v) is 5.77. The Hall–Kier alpha value is -2.78. The van der Waals surface area contributed by atoms with Gasteiger partial charge in [0.1, 0.15) is 5.76 Å². The Bertz CT molecular complexity index is 1070. The maximum absolute atomic E-state index is 13.1. The van der Waals surface area contributed by atoms with E-state index in [9.17, 15) is 4.79 Å². The van der Waals surface area contributed by atoms with E-state index < -0.39 is 0 Å². The van der Waals surface area contributed by atoms with Gasteiger partial charge in [0, 0.05) is 45.3 Å². The Balaban J connectivity index is 1.19. The smallest absolute Gasteiger partial charge is 0.233 e. The van der Waals surface area contributed by atoms with Gasteiger partial charge in [0.2, 0.25) is 11.9 Å². The molecule has 1 amide bonds. The molecule has 0 unspecified atom stereocenters. The number of thioether (sulfide) groups is 1. The first-order chi connectivity index (χ1) is 17.2. The lowest BCUT2D eigenvalue weighted by atomic mass is 10.1. The van der Waals surface area contributed by atoms with Crippen molar-refractivity contribution in [2.45, 2.75) is 43.9 Å². The monoisotopic (exact) mass is 494 g/mol. The number of amides is 1. The fourth-order valence-electron chi connectivity index (χ4n) is 4.93. The number of piperazine rings is 1. The first-order valence-corrected chi connectivity index (χ1v) is 13.6. The van der Waals surface area contributed by atoms with Gasteiger partial charge in [-0.2, -0.15) is 0 Å². The number of piperidine rings is 1. The second kappa shape index (κ2) is 11.3. The van der Waals surface area contributed by atoms with Crippen LogP contribution in [0.3, 0.4) is 0 Å². The molecule has 4 heterocycles. The molecule has 2 saturated heterocycles. The molecule has 8 nitrogen and oxygen atoms in total. The van der Waals surface area contributed by atoms with Gasteiger partial charge in [0.05, 0.1) is 18.6 Å². The minimum atomic E-state index is 0.161. The summed E-state index contributed by atoms with van der Waals surface area (Å²) in [4.78, 5) is 19.8. The summed E-state index contributed by atoms with van der Waals surface area (Å²) in [6.45, 7) is 8.09. The minimum absolute atomic E-state index is 0.161. The lowest BCUT2D eigenvalue weighted by molar-refractivity contribution is -0.130. The highest BCUT2D eigenvalue weighted by atomic mass is 32.2. The molecule has 0 spiro atoms. The fraction of sp³-hybridized carbons (Fsp3) is 0.500. The predicted octanol–water partition coefficient (Wildman–Crippen LogP) is 3.91. The third-order valence-corrected chi connectivity index (χ3v) is 8.00. The Morgan fingerprint density at radius 2 is 1.74 bits per heavy atom. The molecular formula is C26H34N6O2S. The number of nitrogens with zero attached hydrogens (tertiary/aromatic N) is 6. The van der Waals surface area contributed by atoms with Crippen LogP contribution in [0.2, 0.25) is 0 Å². The quantitative estimate of drug-likeness (QED) is 0.440. The van der Waals surface area contributed by atoms with Crippen molar-refractivity contribution in [3.63, 3.8) is 0 Å². The average molecular weight is 495 g/mol. The van der Waals surface area contributed by atoms with Gasteiger partial charge in [-0.3, -0.25) is 14.3 Å². The van der Waals surface area contributed by atoms with Gasteiger partial charge in [0.25, 0.3) is 0 Å². The average Bonchev–Trinajstić information content (AvgIpc) is 3.58. The standard InChI is InChI=1S/C26H34N6O2S/c1-21(22-9-4-2-5-10-22)29-14-16-30(17-15-29)24(33)20-35-26-28-27-25(31-12-6-3-7-13-31)32(26)19-23-11-8-18-34-23/h2,4-5,8-11,18,21H,3,6-7,12-17,19-20H2,1H3/t21-/m0/s1. The molecule has 3 aromatic rings. The van der Waals surface area contributed by atoms with Crippen LogP contribution in [0.4, 0.5) is 5.95 Å². The van der Waals surface area contributed by atoms with E-state index in [0.717, 1.165) is 56.1 Å². The molecule has 0 aliphatic carbocycles. The summed E-state index contributed by atoms with van der Waals surface area (Å²) in [5, 5.41) is 9.76. The van der Waals surface area contributed by atoms with Gasteiger partial charge < -0.3 is 14.2 Å². The van der Waals surface area contributed by atoms with Crippen LogP contribution in [0.25, 0.3) is 0 Å². The van der Waals surface area contributed by atoms with Crippen LogP contribution >= 0.6 is 11.8 Å². The third-order valence-electron chi connectivity index (χ3n) is 7.05. The highest BCUT2D eigenvalue weighted by molar-refractivity contribution is 7.99. The molecule has 9 heteroatoms. The molecule has 0 radical (unpaired) electrons. The van der Waals surface area contributed by atoms with Crippen LogP contribution in [0.1, 0.15) is 43.6 Å². The van der Waals surface area contributed by atoms with Crippen LogP contribution < -0.4 is 4.90 Å². The summed E-state index contributed by atoms with van der Waals surface area (Å²) in [6, 6.07) is 14.8. The van der Waals surface area contributed by atoms with Gasteiger partial charge in [-0.05, 0) is 43.9 Å². The van der Waals surface area contributed by atoms with Gasteiger partial charge in [-0.15, -0.1) is 10.2 Å². The van der Waals surface area contributed by atoms with E-state index in [1.54, 1.807) is 6.26 Å². The van der Waals surface area contributed by atoms with E-state index in [-0.39, 0.29) is 5.91 Å². The van der Waals surface area contributed by atoms with Gasteiger partial charge >= 0.3 is 0 Å². The van der Waals surface area contributed by atoms with E-state index in [4.69, 9.17) is 4.42 Å². The topological polar surface area (TPSA) is 70.6 Å². The number of hydrogen-bond acceptors (Lipinski definition) is 7. The molecule has 2 fully saturated rings. The molecule has 2 aliphatic heterocycles. The Labute approximate surface area is 211 Å². The van der Waals surface area contributed by atoms with E-state index >= 15 is 0 Å². The molecule has 0 N–H and O–H groups in total. The molecular weight excluding hydrogens is 460 g/mol. The second-order valence-corrected chi connectivity index (χ2v) is 10.2. The summed E-state index contributed by atoms with van der Waals surface area (Å²) in [5.74, 6) is 2.26. The predicted molar refractivity (Wildman–Crippen MR) is 138 cm³/mol. The van der Waals surface area contributed by atoms with Crippen molar-refractivity contribution in [3.8, 4) is 0 Å². The first-order valence-electron chi connectivity index (χ1n) is 12.6. The van der Waals surface area contributed by atoms with Crippen molar-refractivity contribution in [3.05, 3.63) is 60.1 Å². The number of rotatable bonds is 8. The van der Waals surface area contributed by atoms with Gasteiger partial charge in [0.15, 0.2) is 5.16 Å². The Morgan fingerprint density at radius 3 is 2.46 bits per heavy atom. The van der Waals surface area contributed by atoms with Crippen LogP contribution in [0.5, 0.6) is 0 Å². The summed E-state index contributed by atoms with van der Waals surface area (Å²) in [7, 11) is 0. The first kappa shape index (κ1) is 23.9. The zero-order valence-electron chi connectivity index (χ0n) is 20.4. The zero-order chi connectivity index (χ0) is 24.0. The highest BCUT2D eigenvalue weighted by Gasteiger charge is 2.26. The third kappa shape index (κ3) is 5.73. The summed E-state index contributed by atoms with van der Waals surface area (Å²) < 4.78 is 7.70. The maximum atomic E-state index is 13.1. The molecule has 1 aromatic carbocycles. The summed E-state index contributed by atoms with van der Waals surface area (Å²) in [5.41, 5.74) is 1.32. The van der Waals surface area contributed by atoms with E-state index in [1.165, 1.54) is 36.6 Å². The van der Waals surface area contributed by atoms with E-state index in [0.29, 0.717) is 18.3 Å². The molecule has 2 aliphatic rings. The van der Waals surface area contributed by atoms with E-state index in [1.807, 2.05) is 17.0 Å². The van der Waals surface area contributed by atoms with Crippen molar-refractivity contribution >= 4 is 23.6 Å². The number of carbonyl (C=O) groups is 1. The number of furan rings is 1. The number of benzene rings is 1. The molecule has 0 saturated carbocycles. The minimum Gasteiger partial charge on any atom is -0.467 e. The molecule has 35 heavy (non-hydrogen) atoms. The zero-order valence-corrected chi connectivity index (χ0v) is 21.2. The second-order valence-electron chi connectivity index (χ2n) is 9.29. The van der Waals surface area contributed by atoms with Crippen LogP contribution in [-0.2, 0) is 11.3 Å². The number of hydrogen-bond donors (Lipinski definition) is 0. The van der Waals surface area contributed by atoms with Crippen LogP contribution in [0.15, 0.2) is 58.3 Å². The van der Waals surface area contributed by atoms with Crippen molar-refractivity contribution in [1.82, 2.24) is 24.6 Å². The van der Waals surface area contributed by atoms with Crippen molar-refractivity contribution in [1.29, 1.82) is 0 Å². The van der Waals surface area contributed by atoms with Crippen molar-refractivity contribution in [2.75, 3.05) is 49.9 Å². The molecule has 186 valence electrons. The van der Waals surface area contributed by atoms with Crippen LogP contribution in [-0.4, -0.2) is 75.5 Å². The molecule has 0 bridgehead atoms. The molecule has 5 rings (SSSR count). The Kier molecular flexibility index (Phi) is 7.73. The normalized spacial score (nSPS) is 18.1. The van der Waals surface area contributed by atoms with Crippen molar-refractivity contribution < 1.29 is 9.21 Å². The SMILES string of the molecule is C[C@@H](c1ccccc1)N1CCN(C(=O)CSc2nnc(N3CCCCC3)n2Cc2ccco2)CC1. The number of aromatic nitrogens is 3. The number of anilines is 1. The highest BCUT2D eigenvalue weighted by Crippen LogP contribution is 2.27. The lowest BCUT2D eigenvalue weighted by Crippen LogP contribution is -2.49. The lowest BCUT2D eigenvalue weighted by Gasteiger charge is -2.38. The van der Waals surface area contributed by atoms with Gasteiger partial charge in [-0.1, -0.05) is 42.1 Å². The van der Waals surface area contributed by atoms with Crippen molar-refractivity contribution in [2.24, 2.45) is 0 Å². The summed E-state index contributed by atoms with van der Waals surface area (Å²) >= 11 is 1.48. The molecule has 1 atom stereocenters. The molecule has 2 aromatic heterocycles. The van der Waals surface area contributed by atoms with E-state index in [2.05, 4.69) is 61.8 Å². The number of carbonyl (C=O) groups excluding carboxylic acids is 1. The Morgan fingerprint density at radius 1 is 0.971 bits per heavy atom. The largest absolute Gasteiger partial charge is 0.467 e.